The predicted molar refractivity (Wildman–Crippen MR) is 217 cm³/mol. The Labute approximate surface area is 326 Å². The van der Waals surface area contributed by atoms with Gasteiger partial charge in [-0.05, 0) is 78.5 Å². The lowest BCUT2D eigenvalue weighted by atomic mass is 9.98. The first-order chi connectivity index (χ1) is 27.2. The fraction of sp³-hybridized carbons (Fsp3) is 0.295. The number of ether oxygens (including phenoxy) is 1. The smallest absolute Gasteiger partial charge is 0.407 e. The Kier molecular flexibility index (Phi) is 11.6. The normalized spacial score (nSPS) is 14.6. The van der Waals surface area contributed by atoms with Crippen LogP contribution in [0.1, 0.15) is 55.5 Å². The van der Waals surface area contributed by atoms with Crippen molar-refractivity contribution in [3.8, 4) is 33.6 Å². The van der Waals surface area contributed by atoms with E-state index in [1.807, 2.05) is 67.3 Å². The molecule has 1 unspecified atom stereocenters. The molecule has 3 N–H and O–H groups in total. The number of carbonyl (C=O) groups excluding carboxylic acids is 3. The third-order valence-corrected chi connectivity index (χ3v) is 10.4. The summed E-state index contributed by atoms with van der Waals surface area (Å²) in [6.07, 6.45) is 5.60. The van der Waals surface area contributed by atoms with E-state index in [2.05, 4.69) is 85.7 Å². The molecule has 0 saturated carbocycles. The van der Waals surface area contributed by atoms with Gasteiger partial charge in [0, 0.05) is 18.7 Å². The van der Waals surface area contributed by atoms with Crippen molar-refractivity contribution in [1.29, 1.82) is 0 Å². The van der Waals surface area contributed by atoms with Crippen molar-refractivity contribution in [3.63, 3.8) is 0 Å². The summed E-state index contributed by atoms with van der Waals surface area (Å²) in [5.74, 6) is 1.37. The van der Waals surface area contributed by atoms with Crippen LogP contribution in [0.5, 0.6) is 0 Å². The number of fused-ring (bicyclic) bond motifs is 1. The first kappa shape index (κ1) is 38.0. The molecule has 2 aromatic heterocycles. The Bertz CT molecular complexity index is 2300. The number of aromatic amines is 2. The molecule has 1 aliphatic rings. The number of likely N-dealkylation sites (tertiary alicyclic amines) is 1. The lowest BCUT2D eigenvalue weighted by Gasteiger charge is -2.31. The highest BCUT2D eigenvalue weighted by atomic mass is 16.5. The van der Waals surface area contributed by atoms with Gasteiger partial charge in [0.05, 0.1) is 43.5 Å². The van der Waals surface area contributed by atoms with Gasteiger partial charge in [-0.2, -0.15) is 0 Å². The molecule has 2 atom stereocenters. The third-order valence-electron chi connectivity index (χ3n) is 10.4. The van der Waals surface area contributed by atoms with Crippen LogP contribution in [0.4, 0.5) is 4.79 Å². The average molecular weight is 753 g/mol. The van der Waals surface area contributed by atoms with Crippen LogP contribution in [0.15, 0.2) is 103 Å². The number of H-pyrrole nitrogens is 2. The number of imidazole rings is 2. The second kappa shape index (κ2) is 17.0. The Balaban J connectivity index is 1.01. The maximum absolute atomic E-state index is 13.9. The van der Waals surface area contributed by atoms with E-state index >= 15 is 0 Å². The number of aromatic nitrogens is 4. The zero-order chi connectivity index (χ0) is 39.2. The number of rotatable bonds is 13. The second-order valence-corrected chi connectivity index (χ2v) is 14.4. The van der Waals surface area contributed by atoms with Crippen molar-refractivity contribution in [3.05, 3.63) is 121 Å². The van der Waals surface area contributed by atoms with Gasteiger partial charge in [0.15, 0.2) is 0 Å². The van der Waals surface area contributed by atoms with Gasteiger partial charge in [-0.15, -0.1) is 0 Å². The van der Waals surface area contributed by atoms with Crippen molar-refractivity contribution in [2.45, 2.75) is 44.8 Å². The standard InChI is InChI=1S/C44H48N8O4/c1-5-21-51(40(53)27-47-44(55)56-4)28-39-45-25-37(48-39)35-20-19-33-23-32(17-18-34(33)24-35)29-13-15-30(16-14-29)36-26-46-42(49-36)38-12-9-22-52(38)43(54)41(50(2)3)31-10-7-6-8-11-31/h6-8,10-11,13-20,23-26,38,41H,5,9,12,21-22,27-28H2,1-4H3,(H,45,48)(H,46,49)(H,47,55)/t38-,41?/m0/s1. The first-order valence-electron chi connectivity index (χ1n) is 19.1. The molecule has 3 heterocycles. The molecule has 0 bridgehead atoms. The molecule has 288 valence electrons. The Morgan fingerprint density at radius 2 is 1.52 bits per heavy atom. The number of amides is 3. The highest BCUT2D eigenvalue weighted by Gasteiger charge is 2.37. The van der Waals surface area contributed by atoms with Crippen LogP contribution in [-0.2, 0) is 20.9 Å². The summed E-state index contributed by atoms with van der Waals surface area (Å²) in [7, 11) is 5.17. The number of hydrogen-bond donors (Lipinski definition) is 3. The maximum Gasteiger partial charge on any atom is 0.407 e. The van der Waals surface area contributed by atoms with E-state index in [1.54, 1.807) is 11.1 Å². The van der Waals surface area contributed by atoms with Gasteiger partial charge in [0.1, 0.15) is 24.2 Å². The molecular weight excluding hydrogens is 705 g/mol. The summed E-state index contributed by atoms with van der Waals surface area (Å²) in [5, 5.41) is 4.67. The van der Waals surface area contributed by atoms with E-state index in [9.17, 15) is 14.4 Å². The predicted octanol–water partition coefficient (Wildman–Crippen LogP) is 7.35. The molecule has 6 aromatic rings. The van der Waals surface area contributed by atoms with Crippen LogP contribution in [-0.4, -0.2) is 93.4 Å². The maximum atomic E-state index is 13.9. The van der Waals surface area contributed by atoms with E-state index in [-0.39, 0.29) is 30.4 Å². The third kappa shape index (κ3) is 8.35. The fourth-order valence-electron chi connectivity index (χ4n) is 7.52. The van der Waals surface area contributed by atoms with Crippen molar-refractivity contribution in [2.75, 3.05) is 40.8 Å². The fourth-order valence-corrected chi connectivity index (χ4v) is 7.52. The van der Waals surface area contributed by atoms with E-state index in [4.69, 9.17) is 4.98 Å². The van der Waals surface area contributed by atoms with Crippen LogP contribution in [0, 0.1) is 0 Å². The average Bonchev–Trinajstić information content (AvgIpc) is 4.02. The molecule has 0 aliphatic carbocycles. The zero-order valence-corrected chi connectivity index (χ0v) is 32.3. The summed E-state index contributed by atoms with van der Waals surface area (Å²) < 4.78 is 4.58. The highest BCUT2D eigenvalue weighted by molar-refractivity contribution is 5.91. The second-order valence-electron chi connectivity index (χ2n) is 14.4. The number of nitrogens with zero attached hydrogens (tertiary/aromatic N) is 5. The van der Waals surface area contributed by atoms with Crippen molar-refractivity contribution < 1.29 is 19.1 Å². The number of benzene rings is 4. The van der Waals surface area contributed by atoms with Crippen LogP contribution in [0.2, 0.25) is 0 Å². The molecule has 1 fully saturated rings. The Hall–Kier alpha value is -6.27. The van der Waals surface area contributed by atoms with Crippen LogP contribution >= 0.6 is 0 Å². The van der Waals surface area contributed by atoms with Gasteiger partial charge in [-0.25, -0.2) is 14.8 Å². The number of carbonyl (C=O) groups is 3. The van der Waals surface area contributed by atoms with Gasteiger partial charge in [0.2, 0.25) is 11.8 Å². The summed E-state index contributed by atoms with van der Waals surface area (Å²) in [5.41, 5.74) is 7.01. The van der Waals surface area contributed by atoms with E-state index in [1.165, 1.54) is 7.11 Å². The lowest BCUT2D eigenvalue weighted by molar-refractivity contribution is -0.137. The minimum Gasteiger partial charge on any atom is -0.453 e. The number of methoxy groups -OCH3 is 1. The number of nitrogens with one attached hydrogen (secondary N) is 3. The van der Waals surface area contributed by atoms with Crippen LogP contribution in [0.3, 0.4) is 0 Å². The summed E-state index contributed by atoms with van der Waals surface area (Å²) in [6, 6.07) is 30.8. The summed E-state index contributed by atoms with van der Waals surface area (Å²) >= 11 is 0. The molecule has 12 heteroatoms. The Morgan fingerprint density at radius 1 is 0.857 bits per heavy atom. The van der Waals surface area contributed by atoms with E-state index in [0.29, 0.717) is 25.5 Å². The molecule has 56 heavy (non-hydrogen) atoms. The molecule has 12 nitrogen and oxygen atoms in total. The molecule has 7 rings (SSSR count). The highest BCUT2D eigenvalue weighted by Crippen LogP contribution is 2.35. The van der Waals surface area contributed by atoms with Gasteiger partial charge < -0.3 is 29.8 Å². The molecular formula is C44H48N8O4. The number of likely N-dealkylation sites (N-methyl/N-ethyl adjacent to an activating group) is 1. The van der Waals surface area contributed by atoms with Gasteiger partial charge in [-0.3, -0.25) is 14.5 Å². The van der Waals surface area contributed by atoms with Gasteiger partial charge in [-0.1, -0.05) is 85.8 Å². The molecule has 3 amide bonds. The number of alkyl carbamates (subject to hydrolysis) is 1. The van der Waals surface area contributed by atoms with Crippen molar-refractivity contribution in [1.82, 2.24) is 40.0 Å². The van der Waals surface area contributed by atoms with E-state index in [0.717, 1.165) is 75.1 Å². The van der Waals surface area contributed by atoms with Gasteiger partial charge in [0.25, 0.3) is 0 Å². The number of hydrogen-bond acceptors (Lipinski definition) is 7. The lowest BCUT2D eigenvalue weighted by Crippen LogP contribution is -2.40. The van der Waals surface area contributed by atoms with Crippen LogP contribution < -0.4 is 5.32 Å². The zero-order valence-electron chi connectivity index (χ0n) is 32.3. The van der Waals surface area contributed by atoms with Crippen LogP contribution in [0.25, 0.3) is 44.4 Å². The first-order valence-corrected chi connectivity index (χ1v) is 19.1. The van der Waals surface area contributed by atoms with Crippen molar-refractivity contribution in [2.24, 2.45) is 0 Å². The molecule has 1 saturated heterocycles. The minimum atomic E-state index is -0.642. The molecule has 1 aliphatic heterocycles. The monoisotopic (exact) mass is 752 g/mol. The van der Waals surface area contributed by atoms with Crippen molar-refractivity contribution >= 4 is 28.7 Å². The molecule has 0 spiro atoms. The SMILES string of the molecule is CCCN(Cc1ncc(-c2ccc3cc(-c4ccc(-c5cnc([C@@H]6CCCN6C(=O)C(c6ccccc6)N(C)C)[nH]5)cc4)ccc3c2)[nH]1)C(=O)CNC(=O)OC. The quantitative estimate of drug-likeness (QED) is 0.112. The largest absolute Gasteiger partial charge is 0.453 e. The molecule has 4 aromatic carbocycles. The molecule has 0 radical (unpaired) electrons. The van der Waals surface area contributed by atoms with Gasteiger partial charge >= 0.3 is 6.09 Å². The summed E-state index contributed by atoms with van der Waals surface area (Å²) in [4.78, 5) is 59.9. The Morgan fingerprint density at radius 3 is 2.23 bits per heavy atom. The summed E-state index contributed by atoms with van der Waals surface area (Å²) in [6.45, 7) is 3.42. The minimum absolute atomic E-state index is 0.0925. The topological polar surface area (TPSA) is 140 Å². The van der Waals surface area contributed by atoms with E-state index < -0.39 is 6.09 Å².